The van der Waals surface area contributed by atoms with Gasteiger partial charge in [0.15, 0.2) is 0 Å². The van der Waals surface area contributed by atoms with Gasteiger partial charge in [0.05, 0.1) is 12.7 Å². The smallest absolute Gasteiger partial charge is 0.110 e. The number of aryl methyl sites for hydroxylation is 1. The van der Waals surface area contributed by atoms with Crippen molar-refractivity contribution in [2.75, 3.05) is 6.61 Å². The quantitative estimate of drug-likeness (QED) is 0.679. The molecular weight excluding hydrogens is 152 g/mol. The Morgan fingerprint density at radius 3 is 2.83 bits per heavy atom. The molecule has 0 aliphatic rings. The predicted octanol–water partition coefficient (Wildman–Crippen LogP) is 1.39. The third-order valence-electron chi connectivity index (χ3n) is 1.70. The van der Waals surface area contributed by atoms with Crippen LogP contribution in [0.25, 0.3) is 0 Å². The highest BCUT2D eigenvalue weighted by molar-refractivity contribution is 4.90. The number of nitrogens with zero attached hydrogens (tertiary/aromatic N) is 2. The van der Waals surface area contributed by atoms with E-state index in [-0.39, 0.29) is 0 Å². The fourth-order valence-electron chi connectivity index (χ4n) is 1.02. The number of aromatic nitrogens is 2. The maximum Gasteiger partial charge on any atom is 0.110 e. The molecule has 0 aromatic carbocycles. The van der Waals surface area contributed by atoms with Crippen LogP contribution in [0, 0.1) is 0 Å². The van der Waals surface area contributed by atoms with Gasteiger partial charge in [-0.25, -0.2) is 4.98 Å². The van der Waals surface area contributed by atoms with E-state index >= 15 is 0 Å². The second-order valence-corrected chi connectivity index (χ2v) is 3.12. The topological polar surface area (TPSA) is 27.1 Å². The zero-order valence-corrected chi connectivity index (χ0v) is 7.95. The molecule has 0 radical (unpaired) electrons. The van der Waals surface area contributed by atoms with E-state index in [9.17, 15) is 0 Å². The SMILES string of the molecule is CC(C)OCCc1nccn1C. The highest BCUT2D eigenvalue weighted by Gasteiger charge is 1.99. The van der Waals surface area contributed by atoms with Gasteiger partial charge in [-0.1, -0.05) is 0 Å². The number of rotatable bonds is 4. The molecule has 1 rings (SSSR count). The van der Waals surface area contributed by atoms with E-state index in [1.165, 1.54) is 0 Å². The molecule has 0 spiro atoms. The molecule has 1 heterocycles. The van der Waals surface area contributed by atoms with Crippen LogP contribution in [-0.2, 0) is 18.2 Å². The lowest BCUT2D eigenvalue weighted by atomic mass is 10.4. The summed E-state index contributed by atoms with van der Waals surface area (Å²) in [6.45, 7) is 4.83. The van der Waals surface area contributed by atoms with Crippen LogP contribution in [0.2, 0.25) is 0 Å². The highest BCUT2D eigenvalue weighted by atomic mass is 16.5. The maximum atomic E-state index is 5.42. The van der Waals surface area contributed by atoms with Gasteiger partial charge in [0.25, 0.3) is 0 Å². The lowest BCUT2D eigenvalue weighted by molar-refractivity contribution is 0.0801. The van der Waals surface area contributed by atoms with Crippen LogP contribution in [0.3, 0.4) is 0 Å². The third-order valence-corrected chi connectivity index (χ3v) is 1.70. The van der Waals surface area contributed by atoms with E-state index in [1.54, 1.807) is 0 Å². The number of hydrogen-bond acceptors (Lipinski definition) is 2. The second-order valence-electron chi connectivity index (χ2n) is 3.12. The van der Waals surface area contributed by atoms with Crippen LogP contribution in [0.4, 0.5) is 0 Å². The molecule has 12 heavy (non-hydrogen) atoms. The molecule has 3 heteroatoms. The fraction of sp³-hybridized carbons (Fsp3) is 0.667. The Labute approximate surface area is 73.4 Å². The van der Waals surface area contributed by atoms with Crippen LogP contribution in [0.1, 0.15) is 19.7 Å². The summed E-state index contributed by atoms with van der Waals surface area (Å²) in [5, 5.41) is 0. The second kappa shape index (κ2) is 4.26. The van der Waals surface area contributed by atoms with Gasteiger partial charge < -0.3 is 9.30 Å². The fourth-order valence-corrected chi connectivity index (χ4v) is 1.02. The molecule has 1 aromatic rings. The largest absolute Gasteiger partial charge is 0.378 e. The lowest BCUT2D eigenvalue weighted by Gasteiger charge is -2.06. The zero-order valence-electron chi connectivity index (χ0n) is 7.95. The summed E-state index contributed by atoms with van der Waals surface area (Å²) in [5.74, 6) is 1.08. The standard InChI is InChI=1S/C9H16N2O/c1-8(2)12-7-4-9-10-5-6-11(9)3/h5-6,8H,4,7H2,1-3H3. The Bertz CT molecular complexity index is 230. The van der Waals surface area contributed by atoms with Gasteiger partial charge in [-0.2, -0.15) is 0 Å². The van der Waals surface area contributed by atoms with Gasteiger partial charge in [-0.3, -0.25) is 0 Å². The Morgan fingerprint density at radius 2 is 2.33 bits per heavy atom. The van der Waals surface area contributed by atoms with Crippen LogP contribution in [-0.4, -0.2) is 22.3 Å². The van der Waals surface area contributed by atoms with E-state index < -0.39 is 0 Å². The molecule has 3 nitrogen and oxygen atoms in total. The molecule has 0 atom stereocenters. The van der Waals surface area contributed by atoms with E-state index in [0.717, 1.165) is 18.9 Å². The van der Waals surface area contributed by atoms with Crippen LogP contribution in [0.5, 0.6) is 0 Å². The van der Waals surface area contributed by atoms with Gasteiger partial charge >= 0.3 is 0 Å². The van der Waals surface area contributed by atoms with Crippen LogP contribution >= 0.6 is 0 Å². The van der Waals surface area contributed by atoms with E-state index in [2.05, 4.69) is 4.98 Å². The minimum atomic E-state index is 0.310. The minimum Gasteiger partial charge on any atom is -0.378 e. The number of imidazole rings is 1. The summed E-state index contributed by atoms with van der Waals surface area (Å²) >= 11 is 0. The molecule has 0 N–H and O–H groups in total. The number of ether oxygens (including phenoxy) is 1. The number of hydrogen-bond donors (Lipinski definition) is 0. The van der Waals surface area contributed by atoms with Gasteiger partial charge in [0.1, 0.15) is 5.82 Å². The first kappa shape index (κ1) is 9.26. The third kappa shape index (κ3) is 2.66. The van der Waals surface area contributed by atoms with Gasteiger partial charge in [0.2, 0.25) is 0 Å². The van der Waals surface area contributed by atoms with E-state index in [0.29, 0.717) is 6.10 Å². The molecule has 0 saturated heterocycles. The normalized spacial score (nSPS) is 11.0. The summed E-state index contributed by atoms with van der Waals surface area (Å²) < 4.78 is 7.43. The molecule has 0 saturated carbocycles. The molecule has 0 unspecified atom stereocenters. The first-order chi connectivity index (χ1) is 5.70. The first-order valence-electron chi connectivity index (χ1n) is 4.28. The molecule has 1 aromatic heterocycles. The lowest BCUT2D eigenvalue weighted by Crippen LogP contribution is -2.08. The van der Waals surface area contributed by atoms with Crippen molar-refractivity contribution >= 4 is 0 Å². The Hall–Kier alpha value is -0.830. The zero-order chi connectivity index (χ0) is 8.97. The van der Waals surface area contributed by atoms with E-state index in [1.807, 2.05) is 37.9 Å². The molecule has 0 amide bonds. The maximum absolute atomic E-state index is 5.42. The van der Waals surface area contributed by atoms with Crippen molar-refractivity contribution in [3.05, 3.63) is 18.2 Å². The molecule has 0 aliphatic heterocycles. The van der Waals surface area contributed by atoms with Crippen molar-refractivity contribution in [2.45, 2.75) is 26.4 Å². The Balaban J connectivity index is 2.29. The average Bonchev–Trinajstić information content (AvgIpc) is 2.36. The van der Waals surface area contributed by atoms with Crippen molar-refractivity contribution in [3.63, 3.8) is 0 Å². The molecule has 0 fully saturated rings. The van der Waals surface area contributed by atoms with Gasteiger partial charge in [-0.15, -0.1) is 0 Å². The van der Waals surface area contributed by atoms with Gasteiger partial charge in [0, 0.05) is 25.9 Å². The summed E-state index contributed by atoms with van der Waals surface area (Å²) in [6.07, 6.45) is 4.96. The summed E-state index contributed by atoms with van der Waals surface area (Å²) in [7, 11) is 2.00. The van der Waals surface area contributed by atoms with Crippen molar-refractivity contribution in [1.29, 1.82) is 0 Å². The van der Waals surface area contributed by atoms with Gasteiger partial charge in [-0.05, 0) is 13.8 Å². The molecule has 0 bridgehead atoms. The minimum absolute atomic E-state index is 0.310. The summed E-state index contributed by atoms with van der Waals surface area (Å²) in [4.78, 5) is 4.20. The van der Waals surface area contributed by atoms with E-state index in [4.69, 9.17) is 4.74 Å². The van der Waals surface area contributed by atoms with Crippen molar-refractivity contribution in [3.8, 4) is 0 Å². The summed E-state index contributed by atoms with van der Waals surface area (Å²) in [6, 6.07) is 0. The predicted molar refractivity (Wildman–Crippen MR) is 48.0 cm³/mol. The Morgan fingerprint density at radius 1 is 1.58 bits per heavy atom. The molecule has 68 valence electrons. The van der Waals surface area contributed by atoms with Crippen molar-refractivity contribution in [2.24, 2.45) is 7.05 Å². The first-order valence-corrected chi connectivity index (χ1v) is 4.28. The molecule has 0 aliphatic carbocycles. The highest BCUT2D eigenvalue weighted by Crippen LogP contribution is 1.97. The van der Waals surface area contributed by atoms with Crippen LogP contribution < -0.4 is 0 Å². The monoisotopic (exact) mass is 168 g/mol. The Kier molecular flexibility index (Phi) is 3.29. The molecular formula is C9H16N2O. The van der Waals surface area contributed by atoms with Crippen molar-refractivity contribution < 1.29 is 4.74 Å². The van der Waals surface area contributed by atoms with Crippen molar-refractivity contribution in [1.82, 2.24) is 9.55 Å². The average molecular weight is 168 g/mol. The summed E-state index contributed by atoms with van der Waals surface area (Å²) in [5.41, 5.74) is 0. The van der Waals surface area contributed by atoms with Crippen LogP contribution in [0.15, 0.2) is 12.4 Å².